The maximum Gasteiger partial charge on any atom is 0.227 e. The van der Waals surface area contributed by atoms with E-state index in [1.807, 2.05) is 12.1 Å². The summed E-state index contributed by atoms with van der Waals surface area (Å²) in [5, 5.41) is 0. The van der Waals surface area contributed by atoms with Gasteiger partial charge in [0.25, 0.3) is 0 Å². The quantitative estimate of drug-likeness (QED) is 0.748. The number of aromatic nitrogens is 1. The molecule has 7 heteroatoms. The molecule has 1 aromatic rings. The molecule has 0 aromatic carbocycles. The highest BCUT2D eigenvalue weighted by atomic mass is 32.2. The normalized spacial score (nSPS) is 21.8. The van der Waals surface area contributed by atoms with Gasteiger partial charge in [-0.25, -0.2) is 12.7 Å². The summed E-state index contributed by atoms with van der Waals surface area (Å²) >= 11 is 0. The third-order valence-corrected chi connectivity index (χ3v) is 6.53. The Labute approximate surface area is 144 Å². The molecule has 2 heterocycles. The fourth-order valence-electron chi connectivity index (χ4n) is 3.16. The molecule has 1 aliphatic heterocycles. The standard InChI is InChI=1S/C17H27N3O3S/c1-4-6-11-19(3)17(21)16-13-20(24(22,23)5-2)12-15(16)14-7-9-18-10-8-14/h7-10,15-16H,4-6,11-13H2,1-3H3/t15-,16+/m0/s1. The van der Waals surface area contributed by atoms with Gasteiger partial charge in [0.1, 0.15) is 0 Å². The van der Waals surface area contributed by atoms with E-state index in [1.165, 1.54) is 4.31 Å². The monoisotopic (exact) mass is 353 g/mol. The molecular weight excluding hydrogens is 326 g/mol. The number of carbonyl (C=O) groups is 1. The highest BCUT2D eigenvalue weighted by Gasteiger charge is 2.43. The number of hydrogen-bond donors (Lipinski definition) is 0. The van der Waals surface area contributed by atoms with Gasteiger partial charge in [-0.3, -0.25) is 9.78 Å². The highest BCUT2D eigenvalue weighted by Crippen LogP contribution is 2.35. The fraction of sp³-hybridized carbons (Fsp3) is 0.647. The van der Waals surface area contributed by atoms with Crippen molar-refractivity contribution in [2.45, 2.75) is 32.6 Å². The van der Waals surface area contributed by atoms with Crippen molar-refractivity contribution in [1.29, 1.82) is 0 Å². The van der Waals surface area contributed by atoms with Gasteiger partial charge < -0.3 is 4.90 Å². The largest absolute Gasteiger partial charge is 0.345 e. The van der Waals surface area contributed by atoms with Gasteiger partial charge in [0.2, 0.25) is 15.9 Å². The zero-order valence-electron chi connectivity index (χ0n) is 14.7. The summed E-state index contributed by atoms with van der Waals surface area (Å²) < 4.78 is 26.0. The Morgan fingerprint density at radius 1 is 1.29 bits per heavy atom. The van der Waals surface area contributed by atoms with Crippen molar-refractivity contribution in [2.24, 2.45) is 5.92 Å². The van der Waals surface area contributed by atoms with Crippen molar-refractivity contribution < 1.29 is 13.2 Å². The minimum Gasteiger partial charge on any atom is -0.345 e. The summed E-state index contributed by atoms with van der Waals surface area (Å²) in [6, 6.07) is 3.75. The minimum absolute atomic E-state index is 0.0269. The van der Waals surface area contributed by atoms with E-state index in [4.69, 9.17) is 0 Å². The number of unbranched alkanes of at least 4 members (excludes halogenated alkanes) is 1. The average Bonchev–Trinajstić information content (AvgIpc) is 3.05. The molecule has 2 rings (SSSR count). The number of pyridine rings is 1. The van der Waals surface area contributed by atoms with Gasteiger partial charge in [-0.15, -0.1) is 0 Å². The Kier molecular flexibility index (Phi) is 6.34. The van der Waals surface area contributed by atoms with Crippen LogP contribution in [0.5, 0.6) is 0 Å². The smallest absolute Gasteiger partial charge is 0.227 e. The fourth-order valence-corrected chi connectivity index (χ4v) is 4.31. The summed E-state index contributed by atoms with van der Waals surface area (Å²) in [5.41, 5.74) is 0.973. The van der Waals surface area contributed by atoms with Crippen LogP contribution >= 0.6 is 0 Å². The molecule has 1 fully saturated rings. The van der Waals surface area contributed by atoms with Crippen molar-refractivity contribution in [1.82, 2.24) is 14.2 Å². The van der Waals surface area contributed by atoms with E-state index in [0.717, 1.165) is 18.4 Å². The maximum atomic E-state index is 12.9. The number of rotatable bonds is 7. The first kappa shape index (κ1) is 18.9. The van der Waals surface area contributed by atoms with Gasteiger partial charge in [0.15, 0.2) is 0 Å². The lowest BCUT2D eigenvalue weighted by Crippen LogP contribution is -2.37. The Morgan fingerprint density at radius 3 is 2.54 bits per heavy atom. The Balaban J connectivity index is 2.26. The predicted molar refractivity (Wildman–Crippen MR) is 94.0 cm³/mol. The molecule has 1 saturated heterocycles. The van der Waals surface area contributed by atoms with Gasteiger partial charge >= 0.3 is 0 Å². The summed E-state index contributed by atoms with van der Waals surface area (Å²) in [5.74, 6) is -0.372. The van der Waals surface area contributed by atoms with Crippen LogP contribution in [0.25, 0.3) is 0 Å². The van der Waals surface area contributed by atoms with Crippen LogP contribution in [0.15, 0.2) is 24.5 Å². The van der Waals surface area contributed by atoms with Crippen LogP contribution in [-0.2, 0) is 14.8 Å². The lowest BCUT2D eigenvalue weighted by molar-refractivity contribution is -0.134. The van der Waals surface area contributed by atoms with Crippen LogP contribution in [0, 0.1) is 5.92 Å². The molecule has 0 saturated carbocycles. The molecule has 0 spiro atoms. The molecule has 0 N–H and O–H groups in total. The second-order valence-corrected chi connectivity index (χ2v) is 8.58. The highest BCUT2D eigenvalue weighted by molar-refractivity contribution is 7.89. The van der Waals surface area contributed by atoms with Gasteiger partial charge in [-0.05, 0) is 31.0 Å². The Bertz CT molecular complexity index is 648. The maximum absolute atomic E-state index is 12.9. The van der Waals surface area contributed by atoms with Gasteiger partial charge in [0, 0.05) is 45.0 Å². The molecule has 1 aliphatic rings. The summed E-state index contributed by atoms with van der Waals surface area (Å²) in [6.45, 7) is 5.05. The van der Waals surface area contributed by atoms with Crippen molar-refractivity contribution in [3.05, 3.63) is 30.1 Å². The summed E-state index contributed by atoms with van der Waals surface area (Å²) in [7, 11) is -1.50. The van der Waals surface area contributed by atoms with E-state index in [0.29, 0.717) is 13.1 Å². The molecule has 2 atom stereocenters. The number of sulfonamides is 1. The van der Waals surface area contributed by atoms with Crippen LogP contribution in [-0.4, -0.2) is 60.9 Å². The van der Waals surface area contributed by atoms with Gasteiger partial charge in [-0.2, -0.15) is 0 Å². The SMILES string of the molecule is CCCCN(C)C(=O)[C@@H]1CN(S(=O)(=O)CC)C[C@H]1c1ccncc1. The first-order valence-electron chi connectivity index (χ1n) is 8.53. The molecule has 0 aliphatic carbocycles. The molecule has 24 heavy (non-hydrogen) atoms. The third kappa shape index (κ3) is 4.13. The van der Waals surface area contributed by atoms with Crippen molar-refractivity contribution in [3.8, 4) is 0 Å². The Hall–Kier alpha value is -1.47. The number of carbonyl (C=O) groups excluding carboxylic acids is 1. The molecule has 134 valence electrons. The zero-order valence-corrected chi connectivity index (χ0v) is 15.5. The van der Waals surface area contributed by atoms with E-state index in [2.05, 4.69) is 11.9 Å². The number of hydrogen-bond acceptors (Lipinski definition) is 4. The van der Waals surface area contributed by atoms with E-state index in [-0.39, 0.29) is 30.0 Å². The molecule has 1 aromatic heterocycles. The average molecular weight is 353 g/mol. The second-order valence-electron chi connectivity index (χ2n) is 6.32. The van der Waals surface area contributed by atoms with Crippen LogP contribution < -0.4 is 0 Å². The summed E-state index contributed by atoms with van der Waals surface area (Å²) in [6.07, 6.45) is 5.35. The first-order valence-corrected chi connectivity index (χ1v) is 10.1. The van der Waals surface area contributed by atoms with Crippen LogP contribution in [0.3, 0.4) is 0 Å². The van der Waals surface area contributed by atoms with Crippen LogP contribution in [0.1, 0.15) is 38.2 Å². The van der Waals surface area contributed by atoms with E-state index in [1.54, 1.807) is 31.3 Å². The Morgan fingerprint density at radius 2 is 1.96 bits per heavy atom. The molecule has 1 amide bonds. The van der Waals surface area contributed by atoms with Gasteiger partial charge in [-0.1, -0.05) is 13.3 Å². The predicted octanol–water partition coefficient (Wildman–Crippen LogP) is 1.71. The van der Waals surface area contributed by atoms with E-state index in [9.17, 15) is 13.2 Å². The van der Waals surface area contributed by atoms with Crippen molar-refractivity contribution >= 4 is 15.9 Å². The van der Waals surface area contributed by atoms with Crippen LogP contribution in [0.2, 0.25) is 0 Å². The van der Waals surface area contributed by atoms with Crippen molar-refractivity contribution in [2.75, 3.05) is 32.4 Å². The lowest BCUT2D eigenvalue weighted by Gasteiger charge is -2.24. The van der Waals surface area contributed by atoms with E-state index < -0.39 is 10.0 Å². The lowest BCUT2D eigenvalue weighted by atomic mass is 9.88. The molecular formula is C17H27N3O3S. The molecule has 0 radical (unpaired) electrons. The second kappa shape index (κ2) is 8.07. The minimum atomic E-state index is -3.30. The summed E-state index contributed by atoms with van der Waals surface area (Å²) in [4.78, 5) is 18.6. The third-order valence-electron chi connectivity index (χ3n) is 4.72. The number of nitrogens with zero attached hydrogens (tertiary/aromatic N) is 3. The van der Waals surface area contributed by atoms with Gasteiger partial charge in [0.05, 0.1) is 11.7 Å². The topological polar surface area (TPSA) is 70.6 Å². The number of amides is 1. The molecule has 0 bridgehead atoms. The molecule has 6 nitrogen and oxygen atoms in total. The first-order chi connectivity index (χ1) is 11.4. The van der Waals surface area contributed by atoms with E-state index >= 15 is 0 Å². The zero-order chi connectivity index (χ0) is 17.7. The van der Waals surface area contributed by atoms with Crippen LogP contribution in [0.4, 0.5) is 0 Å². The molecule has 0 unspecified atom stereocenters. The van der Waals surface area contributed by atoms with Crippen molar-refractivity contribution in [3.63, 3.8) is 0 Å².